The summed E-state index contributed by atoms with van der Waals surface area (Å²) < 4.78 is 13.5. The molecule has 0 amide bonds. The quantitative estimate of drug-likeness (QED) is 0.231. The Morgan fingerprint density at radius 2 is 1.50 bits per heavy atom. The molecule has 4 aromatic rings. The van der Waals surface area contributed by atoms with E-state index in [1.54, 1.807) is 7.11 Å². The molecule has 0 unspecified atom stereocenters. The maximum atomic E-state index is 6.18. The molecule has 0 spiro atoms. The van der Waals surface area contributed by atoms with E-state index in [0.29, 0.717) is 0 Å². The topological polar surface area (TPSA) is 42.8 Å². The number of likely N-dealkylation sites (N-methyl/N-ethyl adjacent to an activating group) is 1. The molecule has 0 saturated carbocycles. The van der Waals surface area contributed by atoms with Crippen molar-refractivity contribution >= 4 is 0 Å². The molecule has 2 heterocycles. The normalized spacial score (nSPS) is 14.5. The van der Waals surface area contributed by atoms with E-state index < -0.39 is 0 Å². The van der Waals surface area contributed by atoms with E-state index in [4.69, 9.17) is 14.6 Å². The Hall–Kier alpha value is -3.61. The number of ether oxygens (including phenoxy) is 2. The molecule has 0 radical (unpaired) electrons. The van der Waals surface area contributed by atoms with Crippen LogP contribution in [0.15, 0.2) is 84.9 Å². The van der Waals surface area contributed by atoms with E-state index in [2.05, 4.69) is 53.1 Å². The molecule has 0 bridgehead atoms. The van der Waals surface area contributed by atoms with Gasteiger partial charge in [-0.05, 0) is 80.5 Å². The van der Waals surface area contributed by atoms with Gasteiger partial charge in [-0.2, -0.15) is 5.10 Å². The molecule has 1 fully saturated rings. The number of nitrogens with zero attached hydrogens (tertiary/aromatic N) is 4. The average molecular weight is 511 g/mol. The number of rotatable bonds is 11. The molecule has 1 aliphatic heterocycles. The number of benzene rings is 3. The highest BCUT2D eigenvalue weighted by atomic mass is 16.5. The van der Waals surface area contributed by atoms with Crippen LogP contribution in [0.5, 0.6) is 11.5 Å². The predicted octanol–water partition coefficient (Wildman–Crippen LogP) is 6.01. The number of methoxy groups -OCH3 is 1. The molecule has 5 rings (SSSR count). The van der Waals surface area contributed by atoms with Gasteiger partial charge in [-0.15, -0.1) is 0 Å². The number of piperazine rings is 1. The summed E-state index contributed by atoms with van der Waals surface area (Å²) in [6, 6.07) is 28.8. The number of hydrogen-bond donors (Lipinski definition) is 0. The van der Waals surface area contributed by atoms with Gasteiger partial charge in [-0.3, -0.25) is 0 Å². The molecule has 3 aromatic carbocycles. The highest BCUT2D eigenvalue weighted by Crippen LogP contribution is 2.31. The summed E-state index contributed by atoms with van der Waals surface area (Å²) in [6.07, 6.45) is 2.22. The Balaban J connectivity index is 1.26. The summed E-state index contributed by atoms with van der Waals surface area (Å²) in [6.45, 7) is 10.1. The lowest BCUT2D eigenvalue weighted by Gasteiger charge is -2.33. The summed E-state index contributed by atoms with van der Waals surface area (Å²) in [5, 5.41) is 4.98. The van der Waals surface area contributed by atoms with Crippen LogP contribution in [0.2, 0.25) is 0 Å². The molecular formula is C32H38N4O2. The van der Waals surface area contributed by atoms with Crippen LogP contribution in [0, 0.1) is 0 Å². The maximum absolute atomic E-state index is 6.18. The lowest BCUT2D eigenvalue weighted by molar-refractivity contribution is 0.134. The summed E-state index contributed by atoms with van der Waals surface area (Å²) >= 11 is 0. The van der Waals surface area contributed by atoms with Gasteiger partial charge >= 0.3 is 0 Å². The fourth-order valence-corrected chi connectivity index (χ4v) is 4.96. The van der Waals surface area contributed by atoms with E-state index in [1.807, 2.05) is 53.2 Å². The zero-order valence-corrected chi connectivity index (χ0v) is 22.6. The third-order valence-electron chi connectivity index (χ3n) is 7.28. The molecule has 6 heteroatoms. The van der Waals surface area contributed by atoms with Crippen molar-refractivity contribution in [3.8, 4) is 39.7 Å². The number of hydrogen-bond acceptors (Lipinski definition) is 5. The minimum atomic E-state index is 0.730. The molecule has 0 N–H and O–H groups in total. The van der Waals surface area contributed by atoms with Gasteiger partial charge in [0.05, 0.1) is 30.8 Å². The maximum Gasteiger partial charge on any atom is 0.119 e. The van der Waals surface area contributed by atoms with Gasteiger partial charge in [-0.25, -0.2) is 4.68 Å². The van der Waals surface area contributed by atoms with Crippen molar-refractivity contribution in [2.75, 3.05) is 53.0 Å². The fourth-order valence-electron chi connectivity index (χ4n) is 4.96. The first-order valence-electron chi connectivity index (χ1n) is 13.7. The summed E-state index contributed by atoms with van der Waals surface area (Å²) in [5.74, 6) is 1.73. The zero-order valence-electron chi connectivity index (χ0n) is 22.6. The number of unbranched alkanes of at least 4 members (excludes halogenated alkanes) is 1. The molecule has 1 aromatic heterocycles. The van der Waals surface area contributed by atoms with Crippen LogP contribution in [-0.4, -0.2) is 72.6 Å². The van der Waals surface area contributed by atoms with E-state index in [-0.39, 0.29) is 0 Å². The second kappa shape index (κ2) is 12.8. The molecule has 6 nitrogen and oxygen atoms in total. The van der Waals surface area contributed by atoms with Crippen molar-refractivity contribution in [2.24, 2.45) is 0 Å². The van der Waals surface area contributed by atoms with Crippen molar-refractivity contribution < 1.29 is 9.47 Å². The first-order chi connectivity index (χ1) is 18.7. The predicted molar refractivity (Wildman–Crippen MR) is 154 cm³/mol. The highest BCUT2D eigenvalue weighted by Gasteiger charge is 2.15. The van der Waals surface area contributed by atoms with Crippen molar-refractivity contribution in [3.63, 3.8) is 0 Å². The lowest BCUT2D eigenvalue weighted by Crippen LogP contribution is -2.46. The third kappa shape index (κ3) is 6.44. The van der Waals surface area contributed by atoms with Gasteiger partial charge in [0.25, 0.3) is 0 Å². The zero-order chi connectivity index (χ0) is 26.2. The minimum Gasteiger partial charge on any atom is -0.497 e. The van der Waals surface area contributed by atoms with Gasteiger partial charge in [0.2, 0.25) is 0 Å². The lowest BCUT2D eigenvalue weighted by atomic mass is 10.1. The Bertz CT molecular complexity index is 1280. The molecule has 1 aliphatic rings. The third-order valence-corrected chi connectivity index (χ3v) is 7.28. The molecule has 0 aliphatic carbocycles. The van der Waals surface area contributed by atoms with Crippen LogP contribution in [0.3, 0.4) is 0 Å². The van der Waals surface area contributed by atoms with Gasteiger partial charge in [0.1, 0.15) is 11.5 Å². The first kappa shape index (κ1) is 26.0. The van der Waals surface area contributed by atoms with Crippen LogP contribution in [-0.2, 0) is 0 Å². The van der Waals surface area contributed by atoms with Crippen molar-refractivity contribution in [3.05, 3.63) is 84.9 Å². The average Bonchev–Trinajstić information content (AvgIpc) is 3.44. The summed E-state index contributed by atoms with van der Waals surface area (Å²) in [5.41, 5.74) is 5.09. The molecule has 198 valence electrons. The fraction of sp³-hybridized carbons (Fsp3) is 0.344. The second-order valence-corrected chi connectivity index (χ2v) is 9.75. The van der Waals surface area contributed by atoms with Gasteiger partial charge in [0, 0.05) is 37.3 Å². The highest BCUT2D eigenvalue weighted by molar-refractivity contribution is 5.71. The van der Waals surface area contributed by atoms with Gasteiger partial charge in [0.15, 0.2) is 0 Å². The SMILES string of the molecule is CCN1CCN(CCCCOc2cccc(-c3cc(-c4ccc(OC)cc4)nn3-c3ccccc3)c2)CC1. The van der Waals surface area contributed by atoms with Crippen molar-refractivity contribution in [1.82, 2.24) is 19.6 Å². The number of aromatic nitrogens is 2. The molecule has 0 atom stereocenters. The standard InChI is InChI=1S/C32H38N4O2/c1-3-34-19-21-35(22-20-34)18-7-8-23-38-30-13-9-10-27(24-30)32-25-31(26-14-16-29(37-2)17-15-26)33-36(32)28-11-5-4-6-12-28/h4-6,9-17,24-25H,3,7-8,18-23H2,1-2H3. The minimum absolute atomic E-state index is 0.730. The van der Waals surface area contributed by atoms with Crippen molar-refractivity contribution in [1.29, 1.82) is 0 Å². The van der Waals surface area contributed by atoms with Gasteiger partial charge in [-0.1, -0.05) is 37.3 Å². The van der Waals surface area contributed by atoms with E-state index in [0.717, 1.165) is 72.2 Å². The Morgan fingerprint density at radius 3 is 2.24 bits per heavy atom. The smallest absolute Gasteiger partial charge is 0.119 e. The summed E-state index contributed by atoms with van der Waals surface area (Å²) in [4.78, 5) is 5.11. The molecule has 1 saturated heterocycles. The van der Waals surface area contributed by atoms with E-state index in [9.17, 15) is 0 Å². The Kier molecular flexibility index (Phi) is 8.74. The van der Waals surface area contributed by atoms with Crippen molar-refractivity contribution in [2.45, 2.75) is 19.8 Å². The van der Waals surface area contributed by atoms with E-state index >= 15 is 0 Å². The van der Waals surface area contributed by atoms with Crippen LogP contribution in [0.1, 0.15) is 19.8 Å². The van der Waals surface area contributed by atoms with Crippen LogP contribution >= 0.6 is 0 Å². The Morgan fingerprint density at radius 1 is 0.737 bits per heavy atom. The largest absolute Gasteiger partial charge is 0.497 e. The Labute approximate surface area is 226 Å². The summed E-state index contributed by atoms with van der Waals surface area (Å²) in [7, 11) is 1.68. The monoisotopic (exact) mass is 510 g/mol. The second-order valence-electron chi connectivity index (χ2n) is 9.75. The van der Waals surface area contributed by atoms with E-state index in [1.165, 1.54) is 26.2 Å². The van der Waals surface area contributed by atoms with Crippen LogP contribution in [0.25, 0.3) is 28.2 Å². The van der Waals surface area contributed by atoms with Crippen LogP contribution < -0.4 is 9.47 Å². The number of para-hydroxylation sites is 1. The first-order valence-corrected chi connectivity index (χ1v) is 13.7. The van der Waals surface area contributed by atoms with Crippen LogP contribution in [0.4, 0.5) is 0 Å². The molecular weight excluding hydrogens is 472 g/mol. The molecule has 38 heavy (non-hydrogen) atoms. The van der Waals surface area contributed by atoms with Gasteiger partial charge < -0.3 is 19.3 Å².